The van der Waals surface area contributed by atoms with Gasteiger partial charge in [0.15, 0.2) is 0 Å². The molecule has 0 bridgehead atoms. The maximum Gasteiger partial charge on any atom is 0.407 e. The van der Waals surface area contributed by atoms with Gasteiger partial charge in [-0.2, -0.15) is 0 Å². The van der Waals surface area contributed by atoms with Crippen LogP contribution in [0.25, 0.3) is 11.1 Å². The number of rotatable bonds is 14. The molecular formula is C34H45F2N3O6Si. The van der Waals surface area contributed by atoms with Gasteiger partial charge in [0.05, 0.1) is 12.6 Å². The van der Waals surface area contributed by atoms with Gasteiger partial charge in [0.2, 0.25) is 5.91 Å². The largest absolute Gasteiger partial charge is 0.480 e. The predicted molar refractivity (Wildman–Crippen MR) is 175 cm³/mol. The van der Waals surface area contributed by atoms with Gasteiger partial charge < -0.3 is 29.7 Å². The van der Waals surface area contributed by atoms with E-state index < -0.39 is 61.8 Å². The van der Waals surface area contributed by atoms with Gasteiger partial charge in [-0.15, -0.1) is 0 Å². The number of aromatic nitrogens is 1. The number of benzene rings is 2. The fourth-order valence-electron chi connectivity index (χ4n) is 5.26. The Hall–Kier alpha value is -4.03. The second-order valence-corrected chi connectivity index (χ2v) is 19.3. The van der Waals surface area contributed by atoms with Crippen LogP contribution in [0.3, 0.4) is 0 Å². The molecule has 1 aromatic heterocycles. The second kappa shape index (κ2) is 15.5. The molecule has 1 unspecified atom stereocenters. The minimum atomic E-state index is -1.48. The van der Waals surface area contributed by atoms with Crippen molar-refractivity contribution < 1.29 is 38.1 Å². The molecule has 0 aliphatic carbocycles. The first-order valence-corrected chi connectivity index (χ1v) is 19.0. The zero-order valence-corrected chi connectivity index (χ0v) is 28.3. The molecule has 3 aromatic rings. The highest BCUT2D eigenvalue weighted by Gasteiger charge is 2.38. The summed E-state index contributed by atoms with van der Waals surface area (Å²) in [6.07, 6.45) is 0.650. The third-order valence-electron chi connectivity index (χ3n) is 7.57. The second-order valence-electron chi connectivity index (χ2n) is 13.7. The highest BCUT2D eigenvalue weighted by atomic mass is 28.3. The Morgan fingerprint density at radius 3 is 2.30 bits per heavy atom. The minimum absolute atomic E-state index is 0.0449. The number of hydrogen-bond acceptors (Lipinski definition) is 5. The van der Waals surface area contributed by atoms with Gasteiger partial charge in [-0.25, -0.2) is 18.4 Å². The summed E-state index contributed by atoms with van der Waals surface area (Å²) in [6, 6.07) is 13.0. The Labute approximate surface area is 270 Å². The molecule has 0 radical (unpaired) electrons. The molecule has 3 rings (SSSR count). The number of nitrogens with one attached hydrogen (secondary N) is 1. The lowest BCUT2D eigenvalue weighted by Gasteiger charge is -2.41. The maximum absolute atomic E-state index is 15.0. The van der Waals surface area contributed by atoms with Crippen LogP contribution in [-0.4, -0.2) is 71.5 Å². The summed E-state index contributed by atoms with van der Waals surface area (Å²) < 4.78 is 36.3. The third-order valence-corrected chi connectivity index (χ3v) is 9.27. The third kappa shape index (κ3) is 10.2. The van der Waals surface area contributed by atoms with Gasteiger partial charge >= 0.3 is 12.1 Å². The van der Waals surface area contributed by atoms with Gasteiger partial charge in [0.1, 0.15) is 24.3 Å². The Kier molecular flexibility index (Phi) is 12.3. The van der Waals surface area contributed by atoms with E-state index in [0.717, 1.165) is 23.8 Å². The molecule has 0 aliphatic heterocycles. The van der Waals surface area contributed by atoms with Gasteiger partial charge in [-0.1, -0.05) is 70.7 Å². The normalized spacial score (nSPS) is 13.2. The van der Waals surface area contributed by atoms with Crippen LogP contribution in [0.4, 0.5) is 13.6 Å². The average Bonchev–Trinajstić information content (AvgIpc) is 3.36. The van der Waals surface area contributed by atoms with Gasteiger partial charge in [0.25, 0.3) is 0 Å². The molecule has 1 heterocycles. The predicted octanol–water partition coefficient (Wildman–Crippen LogP) is 6.30. The zero-order valence-electron chi connectivity index (χ0n) is 27.3. The topological polar surface area (TPSA) is 121 Å². The standard InChI is InChI=1S/C34H45F2N3O6Si/c1-34(2,3)31(39(30(41)22-40)15-14-28(32(42)43)37-33(44)45-16-17-46(4,5)6)29-18-24(26-19-25(35)12-13-27(26)36)21-38(29)20-23-10-8-7-9-11-23/h7-13,18-19,21,28,31,40H,14-17,20,22H2,1-6H3,(H,37,44)(H,42,43)/t28?,31-/m0/s1. The van der Waals surface area contributed by atoms with Crippen LogP contribution in [0.5, 0.6) is 0 Å². The summed E-state index contributed by atoms with van der Waals surface area (Å²) in [5.41, 5.74) is 1.24. The van der Waals surface area contributed by atoms with Crippen molar-refractivity contribution in [3.05, 3.63) is 83.7 Å². The fraction of sp³-hybridized carbons (Fsp3) is 0.441. The number of amides is 2. The van der Waals surface area contributed by atoms with Crippen LogP contribution < -0.4 is 5.32 Å². The van der Waals surface area contributed by atoms with Crippen molar-refractivity contribution in [3.8, 4) is 11.1 Å². The molecule has 46 heavy (non-hydrogen) atoms. The van der Waals surface area contributed by atoms with Crippen LogP contribution in [0.2, 0.25) is 25.7 Å². The Bertz CT molecular complexity index is 1500. The summed E-state index contributed by atoms with van der Waals surface area (Å²) in [5, 5.41) is 22.3. The smallest absolute Gasteiger partial charge is 0.407 e. The van der Waals surface area contributed by atoms with Crippen molar-refractivity contribution in [2.24, 2.45) is 5.41 Å². The lowest BCUT2D eigenvalue weighted by atomic mass is 9.82. The number of carbonyl (C=O) groups is 3. The van der Waals surface area contributed by atoms with Crippen LogP contribution in [-0.2, 0) is 20.9 Å². The number of carbonyl (C=O) groups excluding carboxylic acids is 2. The Morgan fingerprint density at radius 1 is 1.04 bits per heavy atom. The van der Waals surface area contributed by atoms with Crippen LogP contribution in [0.15, 0.2) is 60.8 Å². The zero-order chi connectivity index (χ0) is 34.2. The molecule has 0 aliphatic rings. The van der Waals surface area contributed by atoms with Crippen molar-refractivity contribution in [1.82, 2.24) is 14.8 Å². The van der Waals surface area contributed by atoms with Gasteiger partial charge in [0, 0.05) is 44.2 Å². The number of ether oxygens (including phenoxy) is 1. The van der Waals surface area contributed by atoms with Crippen molar-refractivity contribution >= 4 is 26.0 Å². The molecule has 3 N–H and O–H groups in total. The molecule has 0 spiro atoms. The molecule has 2 atom stereocenters. The van der Waals surface area contributed by atoms with Crippen molar-refractivity contribution in [2.75, 3.05) is 19.8 Å². The minimum Gasteiger partial charge on any atom is -0.480 e. The van der Waals surface area contributed by atoms with Gasteiger partial charge in [-0.05, 0) is 47.7 Å². The van der Waals surface area contributed by atoms with Crippen LogP contribution >= 0.6 is 0 Å². The van der Waals surface area contributed by atoms with E-state index in [1.807, 2.05) is 55.7 Å². The average molecular weight is 658 g/mol. The maximum atomic E-state index is 15.0. The lowest BCUT2D eigenvalue weighted by Crippen LogP contribution is -2.48. The molecule has 250 valence electrons. The Morgan fingerprint density at radius 2 is 1.72 bits per heavy atom. The lowest BCUT2D eigenvalue weighted by molar-refractivity contribution is -0.143. The summed E-state index contributed by atoms with van der Waals surface area (Å²) in [7, 11) is -1.48. The van der Waals surface area contributed by atoms with E-state index in [1.165, 1.54) is 4.90 Å². The monoisotopic (exact) mass is 657 g/mol. The van der Waals surface area contributed by atoms with E-state index in [1.54, 1.807) is 12.3 Å². The van der Waals surface area contributed by atoms with E-state index in [0.29, 0.717) is 23.8 Å². The van der Waals surface area contributed by atoms with E-state index in [4.69, 9.17) is 4.74 Å². The fourth-order valence-corrected chi connectivity index (χ4v) is 5.97. The summed E-state index contributed by atoms with van der Waals surface area (Å²) in [6.45, 7) is 11.6. The summed E-state index contributed by atoms with van der Waals surface area (Å²) in [5.74, 6) is -3.19. The SMILES string of the molecule is CC(C)(C)[C@H](c1cc(-c2cc(F)ccc2F)cn1Cc1ccccc1)N(CCC(NC(=O)OCC[Si](C)(C)C)C(=O)O)C(=O)CO. The number of carboxylic acids is 1. The summed E-state index contributed by atoms with van der Waals surface area (Å²) >= 11 is 0. The highest BCUT2D eigenvalue weighted by molar-refractivity contribution is 6.76. The molecule has 0 saturated heterocycles. The van der Waals surface area contributed by atoms with Crippen LogP contribution in [0.1, 0.15) is 44.5 Å². The highest BCUT2D eigenvalue weighted by Crippen LogP contribution is 2.41. The number of nitrogens with zero attached hydrogens (tertiary/aromatic N) is 2. The number of hydrogen-bond donors (Lipinski definition) is 3. The van der Waals surface area contributed by atoms with Crippen molar-refractivity contribution in [2.45, 2.75) is 71.5 Å². The number of carboxylic acid groups (broad SMARTS) is 1. The quantitative estimate of drug-likeness (QED) is 0.175. The molecule has 0 fully saturated rings. The molecular weight excluding hydrogens is 612 g/mol. The van der Waals surface area contributed by atoms with E-state index in [2.05, 4.69) is 25.0 Å². The van der Waals surface area contributed by atoms with E-state index in [-0.39, 0.29) is 25.1 Å². The first kappa shape index (κ1) is 36.4. The number of halogens is 2. The Balaban J connectivity index is 2.02. The molecule has 12 heteroatoms. The molecule has 9 nitrogen and oxygen atoms in total. The van der Waals surface area contributed by atoms with E-state index >= 15 is 0 Å². The van der Waals surface area contributed by atoms with E-state index in [9.17, 15) is 33.4 Å². The van der Waals surface area contributed by atoms with Crippen molar-refractivity contribution in [1.29, 1.82) is 0 Å². The molecule has 2 aromatic carbocycles. The first-order valence-electron chi connectivity index (χ1n) is 15.3. The van der Waals surface area contributed by atoms with Crippen LogP contribution in [0, 0.1) is 17.0 Å². The molecule has 2 amide bonds. The number of aliphatic hydroxyl groups excluding tert-OH is 1. The summed E-state index contributed by atoms with van der Waals surface area (Å²) in [4.78, 5) is 39.3. The number of alkyl carbamates (subject to hydrolysis) is 1. The number of aliphatic hydroxyl groups is 1. The van der Waals surface area contributed by atoms with Gasteiger partial charge in [-0.3, -0.25) is 4.79 Å². The first-order chi connectivity index (χ1) is 21.5. The number of aliphatic carboxylic acids is 1. The molecule has 0 saturated carbocycles. The van der Waals surface area contributed by atoms with Crippen molar-refractivity contribution in [3.63, 3.8) is 0 Å².